The van der Waals surface area contributed by atoms with Crippen molar-refractivity contribution in [2.45, 2.75) is 38.1 Å². The molecule has 1 aromatic carbocycles. The molecular weight excluding hydrogens is 232 g/mol. The van der Waals surface area contributed by atoms with Gasteiger partial charge in [0.2, 0.25) is 0 Å². The summed E-state index contributed by atoms with van der Waals surface area (Å²) in [5, 5.41) is 3.41. The van der Waals surface area contributed by atoms with Crippen LogP contribution in [0.1, 0.15) is 42.7 Å². The molecule has 2 aliphatic carbocycles. The molecule has 1 heterocycles. The lowest BCUT2D eigenvalue weighted by atomic mass is 9.78. The van der Waals surface area contributed by atoms with Crippen molar-refractivity contribution < 1.29 is 0 Å². The topological polar surface area (TPSA) is 15.3 Å². The molecule has 19 heavy (non-hydrogen) atoms. The predicted molar refractivity (Wildman–Crippen MR) is 78.2 cm³/mol. The Balaban J connectivity index is 1.39. The maximum absolute atomic E-state index is 3.41. The van der Waals surface area contributed by atoms with Crippen LogP contribution in [-0.2, 0) is 6.54 Å². The Morgan fingerprint density at radius 3 is 2.42 bits per heavy atom. The van der Waals surface area contributed by atoms with Gasteiger partial charge in [-0.25, -0.2) is 0 Å². The van der Waals surface area contributed by atoms with Gasteiger partial charge >= 0.3 is 0 Å². The fourth-order valence-electron chi connectivity index (χ4n) is 3.99. The average molecular weight is 256 g/mol. The van der Waals surface area contributed by atoms with Crippen molar-refractivity contribution >= 4 is 0 Å². The number of nitrogens with one attached hydrogen (secondary N) is 1. The molecule has 0 radical (unpaired) electrons. The number of benzene rings is 1. The molecule has 1 atom stereocenters. The number of piperazine rings is 1. The Bertz CT molecular complexity index is 441. The highest BCUT2D eigenvalue weighted by Gasteiger charge is 2.57. The molecule has 3 fully saturated rings. The zero-order valence-electron chi connectivity index (χ0n) is 11.7. The number of hydrogen-bond acceptors (Lipinski definition) is 2. The molecule has 2 heteroatoms. The van der Waals surface area contributed by atoms with Gasteiger partial charge in [0.15, 0.2) is 0 Å². The van der Waals surface area contributed by atoms with Crippen molar-refractivity contribution in [1.29, 1.82) is 0 Å². The van der Waals surface area contributed by atoms with Gasteiger partial charge in [-0.1, -0.05) is 30.7 Å². The van der Waals surface area contributed by atoms with E-state index in [1.54, 1.807) is 5.56 Å². The van der Waals surface area contributed by atoms with Crippen molar-refractivity contribution in [2.24, 2.45) is 5.41 Å². The third-order valence-corrected chi connectivity index (χ3v) is 5.54. The van der Waals surface area contributed by atoms with E-state index in [4.69, 9.17) is 0 Å². The monoisotopic (exact) mass is 256 g/mol. The van der Waals surface area contributed by atoms with E-state index in [0.29, 0.717) is 0 Å². The minimum absolute atomic E-state index is 0.764. The predicted octanol–water partition coefficient (Wildman–Crippen LogP) is 2.75. The van der Waals surface area contributed by atoms with Crippen LogP contribution in [0.2, 0.25) is 0 Å². The first kappa shape index (κ1) is 11.9. The van der Waals surface area contributed by atoms with E-state index in [-0.39, 0.29) is 0 Å². The van der Waals surface area contributed by atoms with Crippen LogP contribution in [0.15, 0.2) is 24.3 Å². The van der Waals surface area contributed by atoms with E-state index in [2.05, 4.69) is 34.5 Å². The third kappa shape index (κ3) is 2.21. The quantitative estimate of drug-likeness (QED) is 0.894. The standard InChI is InChI=1S/C17H24N2/c1-6-17(7-1)12-16(17)15-4-2-14(3-5-15)13-19-10-8-18-9-11-19/h2-5,16,18H,1,6-13H2. The van der Waals surface area contributed by atoms with Gasteiger partial charge in [-0.05, 0) is 41.7 Å². The molecule has 1 aliphatic heterocycles. The Labute approximate surface area is 116 Å². The number of nitrogens with zero attached hydrogens (tertiary/aromatic N) is 1. The SMILES string of the molecule is c1cc(C2CC23CCC3)ccc1CN1CCNCC1. The van der Waals surface area contributed by atoms with Crippen molar-refractivity contribution in [2.75, 3.05) is 26.2 Å². The molecule has 1 saturated heterocycles. The largest absolute Gasteiger partial charge is 0.314 e. The molecular formula is C17H24N2. The van der Waals surface area contributed by atoms with Crippen LogP contribution >= 0.6 is 0 Å². The van der Waals surface area contributed by atoms with Crippen LogP contribution in [0.3, 0.4) is 0 Å². The number of rotatable bonds is 3. The lowest BCUT2D eigenvalue weighted by Crippen LogP contribution is -2.42. The summed E-state index contributed by atoms with van der Waals surface area (Å²) in [4.78, 5) is 2.55. The zero-order chi connectivity index (χ0) is 12.7. The minimum atomic E-state index is 0.764. The molecule has 2 nitrogen and oxygen atoms in total. The van der Waals surface area contributed by atoms with Gasteiger partial charge in [0.25, 0.3) is 0 Å². The Morgan fingerprint density at radius 2 is 1.84 bits per heavy atom. The van der Waals surface area contributed by atoms with Crippen LogP contribution in [0.4, 0.5) is 0 Å². The van der Waals surface area contributed by atoms with Crippen molar-refractivity contribution in [1.82, 2.24) is 10.2 Å². The zero-order valence-corrected chi connectivity index (χ0v) is 11.7. The molecule has 1 aromatic rings. The highest BCUT2D eigenvalue weighted by molar-refractivity contribution is 5.33. The van der Waals surface area contributed by atoms with Gasteiger partial charge in [0, 0.05) is 32.7 Å². The summed E-state index contributed by atoms with van der Waals surface area (Å²) < 4.78 is 0. The van der Waals surface area contributed by atoms with E-state index in [1.165, 1.54) is 44.3 Å². The second kappa shape index (κ2) is 4.60. The fourth-order valence-corrected chi connectivity index (χ4v) is 3.99. The highest BCUT2D eigenvalue weighted by atomic mass is 15.2. The smallest absolute Gasteiger partial charge is 0.0234 e. The van der Waals surface area contributed by atoms with Gasteiger partial charge in [-0.3, -0.25) is 4.90 Å². The Kier molecular flexibility index (Phi) is 2.89. The Hall–Kier alpha value is -0.860. The molecule has 1 unspecified atom stereocenters. The summed E-state index contributed by atoms with van der Waals surface area (Å²) in [6, 6.07) is 9.52. The van der Waals surface area contributed by atoms with Gasteiger partial charge in [-0.2, -0.15) is 0 Å². The van der Waals surface area contributed by atoms with Crippen LogP contribution in [-0.4, -0.2) is 31.1 Å². The summed E-state index contributed by atoms with van der Waals surface area (Å²) in [5.41, 5.74) is 3.85. The lowest BCUT2D eigenvalue weighted by molar-refractivity contribution is 0.233. The summed E-state index contributed by atoms with van der Waals surface area (Å²) in [7, 11) is 0. The first-order chi connectivity index (χ1) is 9.36. The fraction of sp³-hybridized carbons (Fsp3) is 0.647. The highest BCUT2D eigenvalue weighted by Crippen LogP contribution is 2.70. The molecule has 0 bridgehead atoms. The summed E-state index contributed by atoms with van der Waals surface area (Å²) in [6.07, 6.45) is 5.90. The van der Waals surface area contributed by atoms with E-state index < -0.39 is 0 Å². The average Bonchev–Trinajstić information content (AvgIpc) is 3.17. The van der Waals surface area contributed by atoms with Crippen LogP contribution < -0.4 is 5.32 Å². The van der Waals surface area contributed by atoms with Gasteiger partial charge in [-0.15, -0.1) is 0 Å². The van der Waals surface area contributed by atoms with Crippen LogP contribution in [0.5, 0.6) is 0 Å². The lowest BCUT2D eigenvalue weighted by Gasteiger charge is -2.28. The summed E-state index contributed by atoms with van der Waals surface area (Å²) >= 11 is 0. The second-order valence-electron chi connectivity index (χ2n) is 6.74. The van der Waals surface area contributed by atoms with Crippen LogP contribution in [0.25, 0.3) is 0 Å². The third-order valence-electron chi connectivity index (χ3n) is 5.54. The van der Waals surface area contributed by atoms with Crippen molar-refractivity contribution in [3.05, 3.63) is 35.4 Å². The minimum Gasteiger partial charge on any atom is -0.314 e. The summed E-state index contributed by atoms with van der Waals surface area (Å²) in [6.45, 7) is 5.78. The maximum atomic E-state index is 3.41. The molecule has 4 rings (SSSR count). The summed E-state index contributed by atoms with van der Waals surface area (Å²) in [5.74, 6) is 0.898. The molecule has 3 aliphatic rings. The van der Waals surface area contributed by atoms with E-state index >= 15 is 0 Å². The second-order valence-corrected chi connectivity index (χ2v) is 6.74. The van der Waals surface area contributed by atoms with Gasteiger partial charge in [0.05, 0.1) is 0 Å². The molecule has 0 aromatic heterocycles. The Morgan fingerprint density at radius 1 is 1.11 bits per heavy atom. The first-order valence-electron chi connectivity index (χ1n) is 7.88. The van der Waals surface area contributed by atoms with Gasteiger partial charge in [0.1, 0.15) is 0 Å². The molecule has 1 N–H and O–H groups in total. The van der Waals surface area contributed by atoms with Crippen molar-refractivity contribution in [3.8, 4) is 0 Å². The van der Waals surface area contributed by atoms with Crippen molar-refractivity contribution in [3.63, 3.8) is 0 Å². The van der Waals surface area contributed by atoms with Crippen LogP contribution in [0, 0.1) is 5.41 Å². The maximum Gasteiger partial charge on any atom is 0.0234 e. The molecule has 0 amide bonds. The number of hydrogen-bond donors (Lipinski definition) is 1. The molecule has 102 valence electrons. The van der Waals surface area contributed by atoms with E-state index in [9.17, 15) is 0 Å². The van der Waals surface area contributed by atoms with Gasteiger partial charge < -0.3 is 5.32 Å². The van der Waals surface area contributed by atoms with E-state index in [1.807, 2.05) is 0 Å². The normalized spacial score (nSPS) is 29.2. The molecule has 1 spiro atoms. The van der Waals surface area contributed by atoms with E-state index in [0.717, 1.165) is 31.0 Å². The molecule has 2 saturated carbocycles. The first-order valence-corrected chi connectivity index (χ1v) is 7.88.